The van der Waals surface area contributed by atoms with Crippen LogP contribution in [0, 0.1) is 0 Å². The molecular weight excluding hydrogens is 276 g/mol. The van der Waals surface area contributed by atoms with Crippen molar-refractivity contribution in [3.05, 3.63) is 18.6 Å². The van der Waals surface area contributed by atoms with Gasteiger partial charge in [-0.2, -0.15) is 0 Å². The van der Waals surface area contributed by atoms with Gasteiger partial charge in [0.05, 0.1) is 12.0 Å². The van der Waals surface area contributed by atoms with Crippen LogP contribution in [-0.4, -0.2) is 59.9 Å². The third-order valence-corrected chi connectivity index (χ3v) is 4.85. The third-order valence-electron chi connectivity index (χ3n) is 4.85. The lowest BCUT2D eigenvalue weighted by molar-refractivity contribution is -0.0726. The van der Waals surface area contributed by atoms with Crippen molar-refractivity contribution in [2.45, 2.75) is 36.4 Å². The molecule has 2 fully saturated rings. The van der Waals surface area contributed by atoms with Crippen molar-refractivity contribution < 1.29 is 20.1 Å². The van der Waals surface area contributed by atoms with Crippen LogP contribution < -0.4 is 5.73 Å². The summed E-state index contributed by atoms with van der Waals surface area (Å²) >= 11 is 0. The number of ether oxygens (including phenoxy) is 1. The second-order valence-corrected chi connectivity index (χ2v) is 5.84. The molecule has 2 aromatic heterocycles. The minimum Gasteiger partial charge on any atom is -0.394 e. The molecule has 2 aromatic rings. The summed E-state index contributed by atoms with van der Waals surface area (Å²) in [6, 6.07) is 1.27. The van der Waals surface area contributed by atoms with Crippen molar-refractivity contribution in [2.75, 3.05) is 12.3 Å². The number of aliphatic hydroxyl groups is 3. The lowest BCUT2D eigenvalue weighted by Gasteiger charge is -2.22. The first kappa shape index (κ1) is 13.0. The fourth-order valence-electron chi connectivity index (χ4n) is 3.67. The molecule has 3 heterocycles. The molecule has 1 aliphatic heterocycles. The maximum absolute atomic E-state index is 10.8. The Balaban J connectivity index is 1.81. The van der Waals surface area contributed by atoms with Crippen LogP contribution in [0.2, 0.25) is 0 Å². The van der Waals surface area contributed by atoms with Crippen molar-refractivity contribution in [1.29, 1.82) is 0 Å². The van der Waals surface area contributed by atoms with Gasteiger partial charge < -0.3 is 30.4 Å². The summed E-state index contributed by atoms with van der Waals surface area (Å²) in [6.07, 6.45) is 1.16. The number of nitrogens with zero attached hydrogens (tertiary/aromatic N) is 3. The predicted octanol–water partition coefficient (Wildman–Crippen LogP) is -1.19. The Morgan fingerprint density at radius 2 is 2.24 bits per heavy atom. The van der Waals surface area contributed by atoms with Gasteiger partial charge in [-0.15, -0.1) is 0 Å². The third kappa shape index (κ3) is 1.29. The average molecular weight is 292 g/mol. The summed E-state index contributed by atoms with van der Waals surface area (Å²) in [5.74, 6) is 0.358. The van der Waals surface area contributed by atoms with E-state index in [0.29, 0.717) is 16.9 Å². The number of rotatable bonds is 2. The van der Waals surface area contributed by atoms with E-state index in [1.807, 2.05) is 0 Å². The van der Waals surface area contributed by atoms with Crippen LogP contribution in [-0.2, 0) is 4.74 Å². The van der Waals surface area contributed by atoms with Crippen LogP contribution in [0.4, 0.5) is 5.82 Å². The molecule has 8 nitrogen and oxygen atoms in total. The maximum atomic E-state index is 10.8. The Bertz CT molecular complexity index is 734. The van der Waals surface area contributed by atoms with Crippen LogP contribution in [0.3, 0.4) is 0 Å². The van der Waals surface area contributed by atoms with Gasteiger partial charge in [0.1, 0.15) is 47.2 Å². The largest absolute Gasteiger partial charge is 0.394 e. The van der Waals surface area contributed by atoms with Crippen LogP contribution in [0.1, 0.15) is 13.0 Å². The summed E-state index contributed by atoms with van der Waals surface area (Å²) in [6.45, 7) is 1.38. The minimum atomic E-state index is -1.45. The number of fused-ring (bicyclic) bond motifs is 2. The van der Waals surface area contributed by atoms with E-state index < -0.39 is 29.5 Å². The van der Waals surface area contributed by atoms with Crippen molar-refractivity contribution in [2.24, 2.45) is 0 Å². The summed E-state index contributed by atoms with van der Waals surface area (Å²) in [5.41, 5.74) is 3.96. The van der Waals surface area contributed by atoms with E-state index in [-0.39, 0.29) is 6.61 Å². The van der Waals surface area contributed by atoms with Crippen molar-refractivity contribution in [3.63, 3.8) is 0 Å². The summed E-state index contributed by atoms with van der Waals surface area (Å²) in [5, 5.41) is 30.9. The maximum Gasteiger partial charge on any atom is 0.147 e. The Morgan fingerprint density at radius 3 is 2.86 bits per heavy atom. The van der Waals surface area contributed by atoms with Crippen LogP contribution in [0.5, 0.6) is 0 Å². The second kappa shape index (κ2) is 3.72. The fraction of sp³-hybridized carbons (Fsp3) is 0.538. The van der Waals surface area contributed by atoms with Crippen molar-refractivity contribution >= 4 is 16.9 Å². The van der Waals surface area contributed by atoms with E-state index in [9.17, 15) is 15.3 Å². The number of hydrogen-bond donors (Lipinski definition) is 4. The number of aromatic nitrogens is 3. The van der Waals surface area contributed by atoms with Crippen LogP contribution in [0.25, 0.3) is 11.0 Å². The Hall–Kier alpha value is -1.74. The normalized spacial score (nSPS) is 41.4. The highest BCUT2D eigenvalue weighted by Gasteiger charge is 2.85. The standard InChI is InChI=1S/C13H16N4O4/c1-12-11(13(12,20)8(19)7(4-18)21-12)17-3-2-6-9(14)15-5-16-10(6)17/h2-3,5,7-8,11,18-20H,4H2,1H3,(H2,14,15,16)/t7-,8?,11-,12?,13?/m1/s1. The van der Waals surface area contributed by atoms with Crippen molar-refractivity contribution in [3.8, 4) is 0 Å². The SMILES string of the molecule is CC12O[C@H](CO)C(O)C1(O)[C@@H]2n1ccc2c(N)ncnc21. The monoisotopic (exact) mass is 292 g/mol. The van der Waals surface area contributed by atoms with E-state index in [4.69, 9.17) is 10.5 Å². The molecule has 3 unspecified atom stereocenters. The molecule has 5 N–H and O–H groups in total. The van der Waals surface area contributed by atoms with Crippen molar-refractivity contribution in [1.82, 2.24) is 14.5 Å². The van der Waals surface area contributed by atoms with E-state index in [1.54, 1.807) is 23.8 Å². The molecule has 0 spiro atoms. The lowest BCUT2D eigenvalue weighted by Crippen LogP contribution is -2.39. The first-order valence-corrected chi connectivity index (χ1v) is 6.71. The molecule has 0 amide bonds. The molecule has 8 heteroatoms. The van der Waals surface area contributed by atoms with E-state index in [1.165, 1.54) is 6.33 Å². The van der Waals surface area contributed by atoms with E-state index in [2.05, 4.69) is 9.97 Å². The van der Waals surface area contributed by atoms with Gasteiger partial charge in [0.15, 0.2) is 0 Å². The first-order valence-electron chi connectivity index (χ1n) is 6.71. The number of anilines is 1. The number of nitrogen functional groups attached to an aromatic ring is 1. The number of hydrogen-bond acceptors (Lipinski definition) is 7. The first-order chi connectivity index (χ1) is 9.95. The molecule has 1 saturated heterocycles. The zero-order valence-electron chi connectivity index (χ0n) is 11.3. The second-order valence-electron chi connectivity index (χ2n) is 5.84. The topological polar surface area (TPSA) is 127 Å². The summed E-state index contributed by atoms with van der Waals surface area (Å²) in [7, 11) is 0. The minimum absolute atomic E-state index is 0.340. The molecule has 2 aliphatic rings. The van der Waals surface area contributed by atoms with Gasteiger partial charge in [0.25, 0.3) is 0 Å². The van der Waals surface area contributed by atoms with Crippen LogP contribution in [0.15, 0.2) is 18.6 Å². The van der Waals surface area contributed by atoms with E-state index >= 15 is 0 Å². The average Bonchev–Trinajstić information content (AvgIpc) is 2.77. The van der Waals surface area contributed by atoms with Crippen LogP contribution >= 0.6 is 0 Å². The smallest absolute Gasteiger partial charge is 0.147 e. The Kier molecular flexibility index (Phi) is 2.29. The molecule has 0 aromatic carbocycles. The molecule has 1 aliphatic carbocycles. The highest BCUT2D eigenvalue weighted by atomic mass is 16.6. The molecule has 4 rings (SSSR count). The predicted molar refractivity (Wildman–Crippen MR) is 72.3 cm³/mol. The van der Waals surface area contributed by atoms with Gasteiger partial charge in [-0.25, -0.2) is 9.97 Å². The van der Waals surface area contributed by atoms with Gasteiger partial charge in [-0.05, 0) is 13.0 Å². The Labute approximate surface area is 119 Å². The quantitative estimate of drug-likeness (QED) is 0.548. The zero-order valence-corrected chi connectivity index (χ0v) is 11.3. The number of aliphatic hydroxyl groups excluding tert-OH is 2. The molecule has 21 heavy (non-hydrogen) atoms. The zero-order chi connectivity index (χ0) is 15.0. The lowest BCUT2D eigenvalue weighted by atomic mass is 10.1. The molecule has 112 valence electrons. The highest BCUT2D eigenvalue weighted by molar-refractivity contribution is 5.86. The number of nitrogens with two attached hydrogens (primary N) is 1. The molecule has 1 saturated carbocycles. The van der Waals surface area contributed by atoms with Gasteiger partial charge >= 0.3 is 0 Å². The van der Waals surface area contributed by atoms with Gasteiger partial charge in [0, 0.05) is 6.20 Å². The van der Waals surface area contributed by atoms with Gasteiger partial charge in [0.2, 0.25) is 0 Å². The van der Waals surface area contributed by atoms with Gasteiger partial charge in [-0.1, -0.05) is 0 Å². The Morgan fingerprint density at radius 1 is 1.48 bits per heavy atom. The molecular formula is C13H16N4O4. The fourth-order valence-corrected chi connectivity index (χ4v) is 3.67. The molecule has 0 bridgehead atoms. The molecule has 0 radical (unpaired) electrons. The summed E-state index contributed by atoms with van der Waals surface area (Å²) in [4.78, 5) is 8.12. The summed E-state index contributed by atoms with van der Waals surface area (Å²) < 4.78 is 7.40. The highest BCUT2D eigenvalue weighted by Crippen LogP contribution is 2.67. The molecule has 5 atom stereocenters. The van der Waals surface area contributed by atoms with E-state index in [0.717, 1.165) is 0 Å². The van der Waals surface area contributed by atoms with Gasteiger partial charge in [-0.3, -0.25) is 0 Å².